The van der Waals surface area contributed by atoms with Crippen molar-refractivity contribution in [2.45, 2.75) is 30.3 Å². The highest BCUT2D eigenvalue weighted by molar-refractivity contribution is 7.91. The standard InChI is InChI=1S/C23H28ClN5O5S.C2HF3O2/c1-28(14-10-17-4-6-18(7-5-17)23-26-12-13-27-23)22(30)3-2-11-25-16-35(33,34)19-8-9-20(24)21(15-19)29(31)32;3-2(4,5)1(6)7/h4-9,15,25H,2-3,10-14,16H2,1H3,(H,26,27);(H,6,7). The molecular weight excluding hydrogens is 607 g/mol. The summed E-state index contributed by atoms with van der Waals surface area (Å²) in [6.45, 7) is 2.55. The fraction of sp³-hybridized carbons (Fsp3) is 0.400. The Morgan fingerprint density at radius 3 is 2.40 bits per heavy atom. The number of carbonyl (C=O) groups is 2. The number of nitro benzene ring substituents is 1. The number of hydrogen-bond donors (Lipinski definition) is 3. The zero-order valence-corrected chi connectivity index (χ0v) is 23.9. The van der Waals surface area contributed by atoms with Crippen molar-refractivity contribution >= 4 is 44.8 Å². The number of likely N-dealkylation sites (N-methyl/N-ethyl adjacent to an activating group) is 1. The maximum Gasteiger partial charge on any atom is 0.490 e. The molecule has 1 aliphatic heterocycles. The Bertz CT molecular complexity index is 1400. The summed E-state index contributed by atoms with van der Waals surface area (Å²) in [5.41, 5.74) is 1.72. The second kappa shape index (κ2) is 15.5. The number of aliphatic carboxylic acids is 1. The van der Waals surface area contributed by atoms with Crippen LogP contribution in [0, 0.1) is 10.1 Å². The number of nitro groups is 1. The van der Waals surface area contributed by atoms with Gasteiger partial charge in [0.1, 0.15) is 16.7 Å². The second-order valence-corrected chi connectivity index (χ2v) is 11.4. The van der Waals surface area contributed by atoms with Gasteiger partial charge in [-0.1, -0.05) is 35.9 Å². The molecule has 1 amide bonds. The number of nitrogens with one attached hydrogen (secondary N) is 2. The Morgan fingerprint density at radius 2 is 1.86 bits per heavy atom. The average Bonchev–Trinajstić information content (AvgIpc) is 3.46. The number of amides is 1. The molecule has 1 aliphatic rings. The van der Waals surface area contributed by atoms with E-state index in [0.717, 1.165) is 42.5 Å². The largest absolute Gasteiger partial charge is 0.490 e. The van der Waals surface area contributed by atoms with Crippen molar-refractivity contribution in [1.29, 1.82) is 0 Å². The van der Waals surface area contributed by atoms with E-state index in [-0.39, 0.29) is 22.2 Å². The first-order valence-corrected chi connectivity index (χ1v) is 14.4. The Kier molecular flexibility index (Phi) is 12.7. The number of sulfone groups is 1. The molecule has 230 valence electrons. The molecule has 0 aromatic heterocycles. The van der Waals surface area contributed by atoms with Crippen LogP contribution >= 0.6 is 11.6 Å². The third kappa shape index (κ3) is 10.9. The molecule has 0 spiro atoms. The van der Waals surface area contributed by atoms with Crippen LogP contribution in [-0.4, -0.2) is 86.3 Å². The number of rotatable bonds is 12. The first-order chi connectivity index (χ1) is 19.6. The molecule has 12 nitrogen and oxygen atoms in total. The van der Waals surface area contributed by atoms with E-state index < -0.39 is 38.5 Å². The van der Waals surface area contributed by atoms with Gasteiger partial charge < -0.3 is 20.6 Å². The first-order valence-electron chi connectivity index (χ1n) is 12.4. The highest BCUT2D eigenvalue weighted by atomic mass is 35.5. The van der Waals surface area contributed by atoms with Crippen molar-refractivity contribution in [3.05, 3.63) is 68.7 Å². The number of halogens is 4. The van der Waals surface area contributed by atoms with Crippen LogP contribution in [-0.2, 0) is 25.8 Å². The Morgan fingerprint density at radius 1 is 1.21 bits per heavy atom. The number of benzene rings is 2. The molecule has 0 radical (unpaired) electrons. The summed E-state index contributed by atoms with van der Waals surface area (Å²) >= 11 is 5.74. The average molecular weight is 636 g/mol. The Hall–Kier alpha value is -3.76. The van der Waals surface area contributed by atoms with Crippen molar-refractivity contribution in [3.8, 4) is 0 Å². The van der Waals surface area contributed by atoms with Crippen LogP contribution in [0.1, 0.15) is 24.0 Å². The summed E-state index contributed by atoms with van der Waals surface area (Å²) in [6, 6.07) is 11.5. The third-order valence-electron chi connectivity index (χ3n) is 5.82. The van der Waals surface area contributed by atoms with Crippen molar-refractivity contribution in [2.24, 2.45) is 4.99 Å². The van der Waals surface area contributed by atoms with E-state index in [9.17, 15) is 36.5 Å². The van der Waals surface area contributed by atoms with E-state index in [0.29, 0.717) is 19.5 Å². The zero-order chi connectivity index (χ0) is 31.5. The molecule has 0 fully saturated rings. The Balaban J connectivity index is 0.000000782. The maximum atomic E-state index is 12.4. The van der Waals surface area contributed by atoms with Crippen LogP contribution in [0.2, 0.25) is 5.02 Å². The number of aliphatic imine (C=N–C) groups is 1. The van der Waals surface area contributed by atoms with Crippen molar-refractivity contribution < 1.29 is 41.2 Å². The number of hydrogen-bond acceptors (Lipinski definition) is 9. The molecule has 0 unspecified atom stereocenters. The molecular formula is C25H29ClF3N5O7S. The molecule has 2 aromatic rings. The number of alkyl halides is 3. The van der Waals surface area contributed by atoms with Crippen LogP contribution < -0.4 is 10.6 Å². The quantitative estimate of drug-likeness (QED) is 0.180. The maximum absolute atomic E-state index is 12.4. The van der Waals surface area contributed by atoms with Crippen LogP contribution in [0.5, 0.6) is 0 Å². The van der Waals surface area contributed by atoms with Gasteiger partial charge in [0.15, 0.2) is 9.84 Å². The van der Waals surface area contributed by atoms with E-state index in [2.05, 4.69) is 15.6 Å². The van der Waals surface area contributed by atoms with Gasteiger partial charge in [-0.3, -0.25) is 19.9 Å². The van der Waals surface area contributed by atoms with Gasteiger partial charge in [-0.05, 0) is 37.1 Å². The predicted molar refractivity (Wildman–Crippen MR) is 148 cm³/mol. The first kappa shape index (κ1) is 34.4. The fourth-order valence-electron chi connectivity index (χ4n) is 3.51. The van der Waals surface area contributed by atoms with Gasteiger partial charge in [0.25, 0.3) is 5.69 Å². The summed E-state index contributed by atoms with van der Waals surface area (Å²) in [7, 11) is -2.03. The van der Waals surface area contributed by atoms with Gasteiger partial charge in [0.2, 0.25) is 5.91 Å². The number of amidine groups is 1. The van der Waals surface area contributed by atoms with Gasteiger partial charge in [-0.2, -0.15) is 13.2 Å². The van der Waals surface area contributed by atoms with E-state index in [4.69, 9.17) is 21.5 Å². The molecule has 3 N–H and O–H groups in total. The highest BCUT2D eigenvalue weighted by Crippen LogP contribution is 2.27. The molecule has 3 rings (SSSR count). The van der Waals surface area contributed by atoms with E-state index in [1.165, 1.54) is 12.1 Å². The minimum Gasteiger partial charge on any atom is -0.475 e. The van der Waals surface area contributed by atoms with Gasteiger partial charge in [-0.25, -0.2) is 13.2 Å². The molecule has 0 saturated heterocycles. The number of carboxylic acids is 1. The fourth-order valence-corrected chi connectivity index (χ4v) is 4.85. The highest BCUT2D eigenvalue weighted by Gasteiger charge is 2.38. The monoisotopic (exact) mass is 635 g/mol. The van der Waals surface area contributed by atoms with Crippen molar-refractivity contribution in [2.75, 3.05) is 39.1 Å². The number of carbonyl (C=O) groups excluding carboxylic acids is 1. The minimum absolute atomic E-state index is 0.0240. The lowest BCUT2D eigenvalue weighted by Crippen LogP contribution is -2.30. The van der Waals surface area contributed by atoms with Crippen LogP contribution in [0.3, 0.4) is 0 Å². The third-order valence-corrected chi connectivity index (χ3v) is 7.69. The van der Waals surface area contributed by atoms with Gasteiger partial charge >= 0.3 is 12.1 Å². The predicted octanol–water partition coefficient (Wildman–Crippen LogP) is 3.03. The molecule has 42 heavy (non-hydrogen) atoms. The zero-order valence-electron chi connectivity index (χ0n) is 22.4. The summed E-state index contributed by atoms with van der Waals surface area (Å²) in [6.07, 6.45) is -3.62. The van der Waals surface area contributed by atoms with E-state index in [1.54, 1.807) is 11.9 Å². The van der Waals surface area contributed by atoms with Gasteiger partial charge in [-0.15, -0.1) is 0 Å². The van der Waals surface area contributed by atoms with Crippen molar-refractivity contribution in [1.82, 2.24) is 15.5 Å². The van der Waals surface area contributed by atoms with Crippen LogP contribution in [0.4, 0.5) is 18.9 Å². The van der Waals surface area contributed by atoms with Gasteiger partial charge in [0, 0.05) is 38.2 Å². The summed E-state index contributed by atoms with van der Waals surface area (Å²) in [4.78, 5) is 37.4. The summed E-state index contributed by atoms with van der Waals surface area (Å²) in [5.74, 6) is -2.26. The summed E-state index contributed by atoms with van der Waals surface area (Å²) < 4.78 is 56.6. The molecule has 0 atom stereocenters. The van der Waals surface area contributed by atoms with Crippen LogP contribution in [0.25, 0.3) is 0 Å². The molecule has 0 bridgehead atoms. The lowest BCUT2D eigenvalue weighted by Gasteiger charge is -2.17. The topological polar surface area (TPSA) is 171 Å². The van der Waals surface area contributed by atoms with E-state index in [1.807, 2.05) is 24.3 Å². The second-order valence-electron chi connectivity index (χ2n) is 8.96. The lowest BCUT2D eigenvalue weighted by molar-refractivity contribution is -0.384. The lowest BCUT2D eigenvalue weighted by atomic mass is 10.1. The molecule has 1 heterocycles. The van der Waals surface area contributed by atoms with E-state index >= 15 is 0 Å². The molecule has 0 aliphatic carbocycles. The minimum atomic E-state index is -5.08. The normalized spacial score (nSPS) is 12.9. The summed E-state index contributed by atoms with van der Waals surface area (Å²) in [5, 5.41) is 24.0. The van der Waals surface area contributed by atoms with Gasteiger partial charge in [0.05, 0.1) is 16.4 Å². The van der Waals surface area contributed by atoms with Crippen LogP contribution in [0.15, 0.2) is 52.4 Å². The molecule has 2 aromatic carbocycles. The Labute approximate surface area is 244 Å². The smallest absolute Gasteiger partial charge is 0.475 e. The molecule has 17 heteroatoms. The van der Waals surface area contributed by atoms with Crippen molar-refractivity contribution in [3.63, 3.8) is 0 Å². The SMILES string of the molecule is CN(CCc1ccc(C2=NCCN2)cc1)C(=O)CCCNCS(=O)(=O)c1ccc(Cl)c([N+](=O)[O-])c1.O=C(O)C(F)(F)F. The number of nitrogens with zero attached hydrogens (tertiary/aromatic N) is 3. The number of carboxylic acid groups (broad SMARTS) is 1. The molecule has 0 saturated carbocycles.